The van der Waals surface area contributed by atoms with Crippen LogP contribution in [0.5, 0.6) is 0 Å². The molecular formula is C16H14N8. The van der Waals surface area contributed by atoms with Gasteiger partial charge in [0.15, 0.2) is 0 Å². The van der Waals surface area contributed by atoms with E-state index in [0.717, 1.165) is 0 Å². The zero-order chi connectivity index (χ0) is 17.4. The molecule has 0 unspecified atom stereocenters. The Bertz CT molecular complexity index is 824. The number of hydrogen-bond acceptors (Lipinski definition) is 4. The first kappa shape index (κ1) is 16.8. The molecule has 2 aromatic rings. The van der Waals surface area contributed by atoms with Crippen LogP contribution in [0.25, 0.3) is 20.9 Å². The maximum absolute atomic E-state index is 8.62. The van der Waals surface area contributed by atoms with Gasteiger partial charge in [0.1, 0.15) is 0 Å². The number of rotatable bonds is 5. The summed E-state index contributed by atoms with van der Waals surface area (Å²) in [5.74, 6) is 0. The van der Waals surface area contributed by atoms with E-state index in [1.807, 2.05) is 24.3 Å². The highest BCUT2D eigenvalue weighted by Crippen LogP contribution is 2.21. The molecule has 2 aromatic carbocycles. The Morgan fingerprint density at radius 3 is 1.46 bits per heavy atom. The molecule has 0 N–H and O–H groups in total. The smallest absolute Gasteiger partial charge is 0.0676 e. The minimum atomic E-state index is 0.489. The molecule has 0 saturated carbocycles. The van der Waals surface area contributed by atoms with Gasteiger partial charge >= 0.3 is 0 Å². The molecule has 0 aliphatic rings. The van der Waals surface area contributed by atoms with Crippen molar-refractivity contribution in [1.29, 1.82) is 0 Å². The van der Waals surface area contributed by atoms with Gasteiger partial charge in [0, 0.05) is 32.3 Å². The second-order valence-corrected chi connectivity index (χ2v) is 4.78. The van der Waals surface area contributed by atoms with Gasteiger partial charge in [-0.25, -0.2) is 0 Å². The van der Waals surface area contributed by atoms with Gasteiger partial charge < -0.3 is 0 Å². The minimum absolute atomic E-state index is 0.489. The summed E-state index contributed by atoms with van der Waals surface area (Å²) in [6.07, 6.45) is 0. The summed E-state index contributed by atoms with van der Waals surface area (Å²) >= 11 is 0. The number of nitrogens with zero attached hydrogens (tertiary/aromatic N) is 8. The standard InChI is InChI=1S/C16H14N8/c1-11(13-7-3-5-9-15(13)21-23-17)19-20-12(2)14-8-4-6-10-16(14)22-24-18/h3-10H,1-2H3/b19-11+,20-12+. The van der Waals surface area contributed by atoms with E-state index in [4.69, 9.17) is 11.1 Å². The average Bonchev–Trinajstić information content (AvgIpc) is 2.61. The second kappa shape index (κ2) is 8.14. The zero-order valence-corrected chi connectivity index (χ0v) is 13.2. The van der Waals surface area contributed by atoms with Crippen molar-refractivity contribution in [3.05, 3.63) is 80.5 Å². The Morgan fingerprint density at radius 2 is 1.08 bits per heavy atom. The normalized spacial score (nSPS) is 11.4. The third kappa shape index (κ3) is 3.98. The van der Waals surface area contributed by atoms with Gasteiger partial charge in [0.2, 0.25) is 0 Å². The van der Waals surface area contributed by atoms with Crippen molar-refractivity contribution in [2.75, 3.05) is 0 Å². The van der Waals surface area contributed by atoms with Gasteiger partial charge in [0.25, 0.3) is 0 Å². The van der Waals surface area contributed by atoms with Gasteiger partial charge in [0.05, 0.1) is 11.4 Å². The third-order valence-corrected chi connectivity index (χ3v) is 3.24. The first-order chi connectivity index (χ1) is 11.7. The van der Waals surface area contributed by atoms with Crippen LogP contribution in [0.15, 0.2) is 69.0 Å². The van der Waals surface area contributed by atoms with Crippen molar-refractivity contribution in [3.8, 4) is 0 Å². The molecule has 0 atom stereocenters. The fourth-order valence-corrected chi connectivity index (χ4v) is 2.09. The number of hydrogen-bond donors (Lipinski definition) is 0. The van der Waals surface area contributed by atoms with E-state index < -0.39 is 0 Å². The summed E-state index contributed by atoms with van der Waals surface area (Å²) in [5.41, 5.74) is 20.9. The van der Waals surface area contributed by atoms with Crippen molar-refractivity contribution in [1.82, 2.24) is 0 Å². The minimum Gasteiger partial charge on any atom is -0.155 e. The molecule has 0 heterocycles. The molecule has 0 saturated heterocycles. The number of benzene rings is 2. The molecule has 8 nitrogen and oxygen atoms in total. The van der Waals surface area contributed by atoms with Crippen molar-refractivity contribution >= 4 is 22.8 Å². The van der Waals surface area contributed by atoms with Crippen LogP contribution in [0.1, 0.15) is 25.0 Å². The largest absolute Gasteiger partial charge is 0.155 e. The molecule has 0 aliphatic carbocycles. The summed E-state index contributed by atoms with van der Waals surface area (Å²) in [6, 6.07) is 14.3. The Kier molecular flexibility index (Phi) is 5.69. The predicted molar refractivity (Wildman–Crippen MR) is 94.9 cm³/mol. The van der Waals surface area contributed by atoms with Crippen LogP contribution in [-0.2, 0) is 0 Å². The summed E-state index contributed by atoms with van der Waals surface area (Å²) in [5, 5.41) is 15.7. The molecule has 118 valence electrons. The Balaban J connectivity index is 2.40. The first-order valence-corrected chi connectivity index (χ1v) is 7.05. The van der Waals surface area contributed by atoms with E-state index in [2.05, 4.69) is 30.3 Å². The van der Waals surface area contributed by atoms with E-state index in [0.29, 0.717) is 33.9 Å². The molecular weight excluding hydrogens is 304 g/mol. The average molecular weight is 318 g/mol. The molecule has 2 rings (SSSR count). The highest BCUT2D eigenvalue weighted by molar-refractivity contribution is 6.05. The molecule has 0 spiro atoms. The fraction of sp³-hybridized carbons (Fsp3) is 0.125. The van der Waals surface area contributed by atoms with Crippen molar-refractivity contribution in [3.63, 3.8) is 0 Å². The molecule has 24 heavy (non-hydrogen) atoms. The lowest BCUT2D eigenvalue weighted by Crippen LogP contribution is -1.97. The van der Waals surface area contributed by atoms with Crippen LogP contribution >= 0.6 is 0 Å². The molecule has 0 aliphatic heterocycles. The third-order valence-electron chi connectivity index (χ3n) is 3.24. The van der Waals surface area contributed by atoms with Crippen LogP contribution in [0.3, 0.4) is 0 Å². The number of azide groups is 2. The Hall–Kier alpha value is -3.60. The first-order valence-electron chi connectivity index (χ1n) is 7.05. The van der Waals surface area contributed by atoms with Gasteiger partial charge in [-0.15, -0.1) is 0 Å². The Morgan fingerprint density at radius 1 is 0.708 bits per heavy atom. The van der Waals surface area contributed by atoms with Gasteiger partial charge in [-0.05, 0) is 24.9 Å². The fourth-order valence-electron chi connectivity index (χ4n) is 2.09. The maximum Gasteiger partial charge on any atom is 0.0676 e. The van der Waals surface area contributed by atoms with E-state index in [1.54, 1.807) is 38.1 Å². The molecule has 0 aromatic heterocycles. The van der Waals surface area contributed by atoms with Crippen LogP contribution in [0.4, 0.5) is 11.4 Å². The van der Waals surface area contributed by atoms with Crippen LogP contribution in [0.2, 0.25) is 0 Å². The van der Waals surface area contributed by atoms with Crippen LogP contribution in [-0.4, -0.2) is 11.4 Å². The molecule has 0 radical (unpaired) electrons. The van der Waals surface area contributed by atoms with Crippen LogP contribution in [0, 0.1) is 0 Å². The van der Waals surface area contributed by atoms with Crippen molar-refractivity contribution in [2.24, 2.45) is 20.4 Å². The van der Waals surface area contributed by atoms with Gasteiger partial charge in [-0.1, -0.05) is 58.8 Å². The lowest BCUT2D eigenvalue weighted by molar-refractivity contribution is 1.21. The van der Waals surface area contributed by atoms with E-state index in [9.17, 15) is 0 Å². The Labute approximate surface area is 138 Å². The SMILES string of the molecule is C/C(=N\N=C(/C)c1ccccc1N=[N+]=[N-])c1ccccc1N=[N+]=[N-]. The summed E-state index contributed by atoms with van der Waals surface area (Å²) in [4.78, 5) is 5.62. The molecule has 0 amide bonds. The highest BCUT2D eigenvalue weighted by Gasteiger charge is 2.05. The summed E-state index contributed by atoms with van der Waals surface area (Å²) in [7, 11) is 0. The second-order valence-electron chi connectivity index (χ2n) is 4.78. The lowest BCUT2D eigenvalue weighted by atomic mass is 10.1. The monoisotopic (exact) mass is 318 g/mol. The van der Waals surface area contributed by atoms with Gasteiger partial charge in [-0.3, -0.25) is 0 Å². The van der Waals surface area contributed by atoms with Crippen molar-refractivity contribution < 1.29 is 0 Å². The molecule has 0 fully saturated rings. The van der Waals surface area contributed by atoms with Crippen LogP contribution < -0.4 is 0 Å². The van der Waals surface area contributed by atoms with E-state index in [-0.39, 0.29) is 0 Å². The predicted octanol–water partition coefficient (Wildman–Crippen LogP) is 5.80. The zero-order valence-electron chi connectivity index (χ0n) is 13.2. The lowest BCUT2D eigenvalue weighted by Gasteiger charge is -2.04. The summed E-state index contributed by atoms with van der Waals surface area (Å²) < 4.78 is 0. The van der Waals surface area contributed by atoms with Crippen molar-refractivity contribution in [2.45, 2.75) is 13.8 Å². The summed E-state index contributed by atoms with van der Waals surface area (Å²) in [6.45, 7) is 3.56. The topological polar surface area (TPSA) is 122 Å². The molecule has 0 bridgehead atoms. The van der Waals surface area contributed by atoms with E-state index >= 15 is 0 Å². The van der Waals surface area contributed by atoms with Gasteiger partial charge in [-0.2, -0.15) is 10.2 Å². The quantitative estimate of drug-likeness (QED) is 0.217. The maximum atomic E-state index is 8.62. The highest BCUT2D eigenvalue weighted by atomic mass is 15.2. The van der Waals surface area contributed by atoms with E-state index in [1.165, 1.54) is 0 Å². The molecule has 8 heteroatoms.